The molecule has 3 nitrogen and oxygen atoms in total. The predicted octanol–water partition coefficient (Wildman–Crippen LogP) is 2.38. The highest BCUT2D eigenvalue weighted by Crippen LogP contribution is 2.03. The van der Waals surface area contributed by atoms with Gasteiger partial charge in [0.05, 0.1) is 0 Å². The minimum atomic E-state index is -0.255. The lowest BCUT2D eigenvalue weighted by molar-refractivity contribution is -0.122. The third kappa shape index (κ3) is 6.02. The van der Waals surface area contributed by atoms with Crippen molar-refractivity contribution in [2.45, 2.75) is 33.2 Å². The van der Waals surface area contributed by atoms with E-state index in [4.69, 9.17) is 0 Å². The Kier molecular flexibility index (Phi) is 5.63. The van der Waals surface area contributed by atoms with Crippen LogP contribution in [0.5, 0.6) is 0 Å². The maximum Gasteiger partial charge on any atom is 0.234 e. The fourth-order valence-corrected chi connectivity index (χ4v) is 1.33. The Morgan fingerprint density at radius 1 is 1.29 bits per heavy atom. The van der Waals surface area contributed by atoms with Gasteiger partial charge >= 0.3 is 0 Å². The summed E-state index contributed by atoms with van der Waals surface area (Å²) in [5.41, 5.74) is 6.37. The number of nitrogens with one attached hydrogen (secondary N) is 2. The minimum Gasteiger partial charge on any atom is -0.291 e. The maximum absolute atomic E-state index is 12.6. The summed E-state index contributed by atoms with van der Waals surface area (Å²) in [7, 11) is 0. The largest absolute Gasteiger partial charge is 0.291 e. The lowest BCUT2D eigenvalue weighted by atomic mass is 10.1. The van der Waals surface area contributed by atoms with Crippen molar-refractivity contribution in [3.05, 3.63) is 35.6 Å². The highest BCUT2D eigenvalue weighted by atomic mass is 19.1. The lowest BCUT2D eigenvalue weighted by Crippen LogP contribution is -2.36. The van der Waals surface area contributed by atoms with E-state index in [1.54, 1.807) is 12.1 Å². The Morgan fingerprint density at radius 3 is 2.53 bits per heavy atom. The first-order valence-electron chi connectivity index (χ1n) is 5.84. The fraction of sp³-hybridized carbons (Fsp3) is 0.462. The molecular weight excluding hydrogens is 219 g/mol. The van der Waals surface area contributed by atoms with Gasteiger partial charge < -0.3 is 0 Å². The monoisotopic (exact) mass is 238 g/mol. The molecule has 1 amide bonds. The second-order valence-electron chi connectivity index (χ2n) is 4.46. The first kappa shape index (κ1) is 13.6. The molecule has 0 aliphatic carbocycles. The van der Waals surface area contributed by atoms with E-state index in [9.17, 15) is 9.18 Å². The van der Waals surface area contributed by atoms with Crippen molar-refractivity contribution in [3.8, 4) is 0 Å². The van der Waals surface area contributed by atoms with Gasteiger partial charge in [-0.2, -0.15) is 0 Å². The van der Waals surface area contributed by atoms with Crippen molar-refractivity contribution in [2.75, 3.05) is 0 Å². The molecule has 0 unspecified atom stereocenters. The first-order chi connectivity index (χ1) is 8.08. The molecule has 17 heavy (non-hydrogen) atoms. The van der Waals surface area contributed by atoms with Gasteiger partial charge in [-0.15, -0.1) is 0 Å². The van der Waals surface area contributed by atoms with Gasteiger partial charge in [0.1, 0.15) is 5.82 Å². The minimum absolute atomic E-state index is 0.0131. The summed E-state index contributed by atoms with van der Waals surface area (Å²) in [5, 5.41) is 0. The highest BCUT2D eigenvalue weighted by Gasteiger charge is 2.02. The van der Waals surface area contributed by atoms with E-state index < -0.39 is 0 Å². The molecule has 2 N–H and O–H groups in total. The van der Waals surface area contributed by atoms with Crippen LogP contribution >= 0.6 is 0 Å². The fourth-order valence-electron chi connectivity index (χ4n) is 1.33. The van der Waals surface area contributed by atoms with Crippen LogP contribution < -0.4 is 10.9 Å². The number of rotatable bonds is 6. The van der Waals surface area contributed by atoms with E-state index in [1.807, 2.05) is 0 Å². The second kappa shape index (κ2) is 7.01. The van der Waals surface area contributed by atoms with Crippen LogP contribution in [0.4, 0.5) is 4.39 Å². The molecule has 0 fully saturated rings. The Labute approximate surface area is 101 Å². The number of carbonyl (C=O) groups is 1. The van der Waals surface area contributed by atoms with E-state index in [-0.39, 0.29) is 11.7 Å². The van der Waals surface area contributed by atoms with E-state index >= 15 is 0 Å². The van der Waals surface area contributed by atoms with Crippen LogP contribution in [-0.4, -0.2) is 5.91 Å². The van der Waals surface area contributed by atoms with Crippen molar-refractivity contribution in [1.82, 2.24) is 10.9 Å². The second-order valence-corrected chi connectivity index (χ2v) is 4.46. The van der Waals surface area contributed by atoms with Gasteiger partial charge in [-0.3, -0.25) is 10.2 Å². The summed E-state index contributed by atoms with van der Waals surface area (Å²) in [6.45, 7) is 4.66. The van der Waals surface area contributed by atoms with Crippen LogP contribution in [0.2, 0.25) is 0 Å². The van der Waals surface area contributed by atoms with Gasteiger partial charge in [-0.25, -0.2) is 9.82 Å². The number of benzene rings is 1. The molecule has 0 spiro atoms. The third-order valence-corrected chi connectivity index (χ3v) is 2.38. The Bertz CT molecular complexity index is 349. The number of hydrazine groups is 1. The summed E-state index contributed by atoms with van der Waals surface area (Å²) in [4.78, 5) is 11.4. The molecule has 94 valence electrons. The Balaban J connectivity index is 2.19. The van der Waals surface area contributed by atoms with Gasteiger partial charge in [0, 0.05) is 13.0 Å². The van der Waals surface area contributed by atoms with E-state index in [0.29, 0.717) is 18.9 Å². The third-order valence-electron chi connectivity index (χ3n) is 2.38. The van der Waals surface area contributed by atoms with Crippen molar-refractivity contribution in [3.63, 3.8) is 0 Å². The SMILES string of the molecule is CC(C)CCC(=O)NNCc1ccc(F)cc1. The summed E-state index contributed by atoms with van der Waals surface area (Å²) in [5.74, 6) is 0.258. The molecule has 0 aliphatic heterocycles. The average molecular weight is 238 g/mol. The molecule has 1 aromatic rings. The number of amides is 1. The van der Waals surface area contributed by atoms with E-state index in [1.165, 1.54) is 12.1 Å². The molecular formula is C13H19FN2O. The summed E-state index contributed by atoms with van der Waals surface area (Å²) in [6, 6.07) is 6.17. The molecule has 1 rings (SSSR count). The smallest absolute Gasteiger partial charge is 0.234 e. The molecule has 0 bridgehead atoms. The van der Waals surface area contributed by atoms with Crippen LogP contribution in [0.25, 0.3) is 0 Å². The molecule has 0 atom stereocenters. The quantitative estimate of drug-likeness (QED) is 0.747. The zero-order valence-corrected chi connectivity index (χ0v) is 10.3. The van der Waals surface area contributed by atoms with Crippen molar-refractivity contribution in [1.29, 1.82) is 0 Å². The molecule has 0 aliphatic rings. The van der Waals surface area contributed by atoms with Crippen LogP contribution in [-0.2, 0) is 11.3 Å². The number of carbonyl (C=O) groups excluding carboxylic acids is 1. The highest BCUT2D eigenvalue weighted by molar-refractivity contribution is 5.75. The molecule has 0 heterocycles. The predicted molar refractivity (Wildman–Crippen MR) is 65.5 cm³/mol. The Morgan fingerprint density at radius 2 is 1.94 bits per heavy atom. The molecule has 1 aromatic carbocycles. The zero-order valence-electron chi connectivity index (χ0n) is 10.3. The van der Waals surface area contributed by atoms with Crippen molar-refractivity contribution < 1.29 is 9.18 Å². The van der Waals surface area contributed by atoms with Gasteiger partial charge in [-0.05, 0) is 30.0 Å². The molecule has 0 saturated carbocycles. The van der Waals surface area contributed by atoms with Crippen LogP contribution in [0.15, 0.2) is 24.3 Å². The molecule has 0 aromatic heterocycles. The van der Waals surface area contributed by atoms with Crippen LogP contribution in [0.3, 0.4) is 0 Å². The summed E-state index contributed by atoms with van der Waals surface area (Å²) in [6.07, 6.45) is 1.40. The molecule has 0 saturated heterocycles. The number of hydrogen-bond acceptors (Lipinski definition) is 2. The van der Waals surface area contributed by atoms with Gasteiger partial charge in [0.2, 0.25) is 5.91 Å². The van der Waals surface area contributed by atoms with Gasteiger partial charge in [-0.1, -0.05) is 26.0 Å². The Hall–Kier alpha value is -1.42. The first-order valence-corrected chi connectivity index (χ1v) is 5.84. The van der Waals surface area contributed by atoms with Crippen LogP contribution in [0, 0.1) is 11.7 Å². The standard InChI is InChI=1S/C13H19FN2O/c1-10(2)3-8-13(17)16-15-9-11-4-6-12(14)7-5-11/h4-7,10,15H,3,8-9H2,1-2H3,(H,16,17). The summed E-state index contributed by atoms with van der Waals surface area (Å²) < 4.78 is 12.6. The average Bonchev–Trinajstić information content (AvgIpc) is 2.29. The number of hydrogen-bond donors (Lipinski definition) is 2. The molecule has 0 radical (unpaired) electrons. The van der Waals surface area contributed by atoms with Gasteiger partial charge in [0.25, 0.3) is 0 Å². The normalized spacial score (nSPS) is 10.6. The van der Waals surface area contributed by atoms with Gasteiger partial charge in [0.15, 0.2) is 0 Å². The lowest BCUT2D eigenvalue weighted by Gasteiger charge is -2.08. The maximum atomic E-state index is 12.6. The topological polar surface area (TPSA) is 41.1 Å². The summed E-state index contributed by atoms with van der Waals surface area (Å²) >= 11 is 0. The van der Waals surface area contributed by atoms with E-state index in [0.717, 1.165) is 12.0 Å². The van der Waals surface area contributed by atoms with Crippen LogP contribution in [0.1, 0.15) is 32.3 Å². The van der Waals surface area contributed by atoms with Crippen molar-refractivity contribution in [2.24, 2.45) is 5.92 Å². The van der Waals surface area contributed by atoms with E-state index in [2.05, 4.69) is 24.7 Å². The number of halogens is 1. The van der Waals surface area contributed by atoms with Crippen molar-refractivity contribution >= 4 is 5.91 Å². The molecule has 4 heteroatoms. The zero-order chi connectivity index (χ0) is 12.7.